The highest BCUT2D eigenvalue weighted by molar-refractivity contribution is 7.17. The first kappa shape index (κ1) is 16.6. The van der Waals surface area contributed by atoms with Gasteiger partial charge in [0.05, 0.1) is 11.4 Å². The molecule has 0 aliphatic carbocycles. The first-order valence-corrected chi connectivity index (χ1v) is 9.38. The minimum absolute atomic E-state index is 0.0910. The molecule has 0 saturated heterocycles. The lowest BCUT2D eigenvalue weighted by Crippen LogP contribution is -2.05. The summed E-state index contributed by atoms with van der Waals surface area (Å²) in [5.41, 5.74) is 2.19. The topological polar surface area (TPSA) is 91.0 Å². The highest BCUT2D eigenvalue weighted by Gasteiger charge is 2.19. The zero-order valence-corrected chi connectivity index (χ0v) is 15.2. The molecule has 26 heavy (non-hydrogen) atoms. The molecule has 0 spiro atoms. The highest BCUT2D eigenvalue weighted by Crippen LogP contribution is 2.27. The van der Waals surface area contributed by atoms with Crippen molar-refractivity contribution in [3.8, 4) is 22.1 Å². The zero-order valence-electron chi connectivity index (χ0n) is 13.6. The molecule has 9 heteroatoms. The van der Waals surface area contributed by atoms with Crippen LogP contribution in [0, 0.1) is 6.92 Å². The van der Waals surface area contributed by atoms with Crippen molar-refractivity contribution in [1.29, 1.82) is 0 Å². The van der Waals surface area contributed by atoms with E-state index in [9.17, 15) is 4.79 Å². The average molecular weight is 384 g/mol. The van der Waals surface area contributed by atoms with E-state index in [0.717, 1.165) is 11.3 Å². The second kappa shape index (κ2) is 7.14. The Bertz CT molecular complexity index is 1030. The molecule has 0 aliphatic heterocycles. The molecular formula is C17H12N4O3S2. The average Bonchev–Trinajstić information content (AvgIpc) is 3.40. The number of thiophene rings is 1. The second-order valence-electron chi connectivity index (χ2n) is 5.25. The van der Waals surface area contributed by atoms with Gasteiger partial charge in [-0.1, -0.05) is 11.2 Å². The van der Waals surface area contributed by atoms with Crippen molar-refractivity contribution < 1.29 is 14.1 Å². The summed E-state index contributed by atoms with van der Waals surface area (Å²) in [4.78, 5) is 25.7. The monoisotopic (exact) mass is 384 g/mol. The van der Waals surface area contributed by atoms with Crippen molar-refractivity contribution in [2.24, 2.45) is 0 Å². The predicted molar refractivity (Wildman–Crippen MR) is 96.8 cm³/mol. The first-order chi connectivity index (χ1) is 12.7. The summed E-state index contributed by atoms with van der Waals surface area (Å²) in [6.45, 7) is 1.67. The molecule has 0 fully saturated rings. The number of carbonyl (C=O) groups is 1. The van der Waals surface area contributed by atoms with Gasteiger partial charge in [0.1, 0.15) is 9.88 Å². The van der Waals surface area contributed by atoms with E-state index in [1.54, 1.807) is 24.5 Å². The number of pyridine rings is 1. The van der Waals surface area contributed by atoms with E-state index in [4.69, 9.17) is 9.26 Å². The fraction of sp³-hybridized carbons (Fsp3) is 0.118. The number of carbonyl (C=O) groups excluding carboxylic acids is 1. The Balaban J connectivity index is 1.45. The van der Waals surface area contributed by atoms with Gasteiger partial charge in [0.25, 0.3) is 5.89 Å². The summed E-state index contributed by atoms with van der Waals surface area (Å²) >= 11 is 2.79. The van der Waals surface area contributed by atoms with E-state index < -0.39 is 5.97 Å². The van der Waals surface area contributed by atoms with Crippen LogP contribution < -0.4 is 0 Å². The van der Waals surface area contributed by atoms with Crippen LogP contribution in [0.3, 0.4) is 0 Å². The zero-order chi connectivity index (χ0) is 17.9. The van der Waals surface area contributed by atoms with Gasteiger partial charge in [0.15, 0.2) is 6.61 Å². The lowest BCUT2D eigenvalue weighted by molar-refractivity contribution is 0.0434. The van der Waals surface area contributed by atoms with E-state index in [1.807, 2.05) is 35.0 Å². The van der Waals surface area contributed by atoms with Crippen LogP contribution in [0.1, 0.15) is 21.3 Å². The number of ether oxygens (including phenoxy) is 1. The summed E-state index contributed by atoms with van der Waals surface area (Å²) in [6.07, 6.45) is 1.69. The Morgan fingerprint density at radius 2 is 2.19 bits per heavy atom. The van der Waals surface area contributed by atoms with Crippen molar-refractivity contribution in [2.45, 2.75) is 13.5 Å². The maximum Gasteiger partial charge on any atom is 0.350 e. The van der Waals surface area contributed by atoms with Crippen LogP contribution in [-0.4, -0.2) is 26.1 Å². The van der Waals surface area contributed by atoms with Gasteiger partial charge in [0, 0.05) is 17.1 Å². The van der Waals surface area contributed by atoms with Gasteiger partial charge in [-0.05, 0) is 30.5 Å². The Hall–Kier alpha value is -2.91. The molecule has 0 aromatic carbocycles. The van der Waals surface area contributed by atoms with Crippen LogP contribution in [0.15, 0.2) is 45.7 Å². The number of hydrogen-bond donors (Lipinski definition) is 0. The van der Waals surface area contributed by atoms with Crippen LogP contribution in [0.2, 0.25) is 0 Å². The molecule has 0 radical (unpaired) electrons. The van der Waals surface area contributed by atoms with Crippen LogP contribution in [0.5, 0.6) is 0 Å². The molecule has 4 aromatic rings. The van der Waals surface area contributed by atoms with Crippen LogP contribution in [0.4, 0.5) is 0 Å². The summed E-state index contributed by atoms with van der Waals surface area (Å²) in [6, 6.07) is 7.44. The number of esters is 1. The third-order valence-corrected chi connectivity index (χ3v) is 5.28. The number of nitrogens with zero attached hydrogens (tertiary/aromatic N) is 4. The van der Waals surface area contributed by atoms with Crippen molar-refractivity contribution in [2.75, 3.05) is 0 Å². The molecule has 4 aromatic heterocycles. The van der Waals surface area contributed by atoms with Gasteiger partial charge in [0.2, 0.25) is 5.82 Å². The molecule has 4 rings (SSSR count). The van der Waals surface area contributed by atoms with E-state index >= 15 is 0 Å². The number of thiazole rings is 1. The number of hydrogen-bond acceptors (Lipinski definition) is 9. The van der Waals surface area contributed by atoms with Crippen molar-refractivity contribution in [3.05, 3.63) is 57.7 Å². The lowest BCUT2D eigenvalue weighted by atomic mass is 10.3. The Morgan fingerprint density at radius 1 is 1.27 bits per heavy atom. The van der Waals surface area contributed by atoms with E-state index in [-0.39, 0.29) is 12.5 Å². The lowest BCUT2D eigenvalue weighted by Gasteiger charge is -1.99. The Kier molecular flexibility index (Phi) is 4.55. The molecule has 0 N–H and O–H groups in total. The quantitative estimate of drug-likeness (QED) is 0.481. The van der Waals surface area contributed by atoms with Crippen LogP contribution >= 0.6 is 22.7 Å². The molecule has 0 unspecified atom stereocenters. The second-order valence-corrected chi connectivity index (χ2v) is 7.03. The Labute approximate surface area is 156 Å². The third-order valence-electron chi connectivity index (χ3n) is 3.44. The highest BCUT2D eigenvalue weighted by atomic mass is 32.1. The molecular weight excluding hydrogens is 372 g/mol. The molecule has 130 valence electrons. The van der Waals surface area contributed by atoms with E-state index in [1.165, 1.54) is 11.3 Å². The normalized spacial score (nSPS) is 10.8. The van der Waals surface area contributed by atoms with Crippen molar-refractivity contribution in [1.82, 2.24) is 20.1 Å². The summed E-state index contributed by atoms with van der Waals surface area (Å²) in [5.74, 6) is 0.243. The Morgan fingerprint density at radius 3 is 2.96 bits per heavy atom. The maximum absolute atomic E-state index is 12.4. The number of rotatable bonds is 5. The summed E-state index contributed by atoms with van der Waals surface area (Å²) in [7, 11) is 0. The van der Waals surface area contributed by atoms with E-state index in [2.05, 4.69) is 20.1 Å². The van der Waals surface area contributed by atoms with Gasteiger partial charge in [-0.2, -0.15) is 16.3 Å². The van der Waals surface area contributed by atoms with Crippen LogP contribution in [-0.2, 0) is 11.3 Å². The van der Waals surface area contributed by atoms with Crippen molar-refractivity contribution >= 4 is 28.6 Å². The molecule has 0 atom stereocenters. The SMILES string of the molecule is Cc1nc(-c2ccccn2)sc1C(=O)OCc1nc(-c2ccsc2)no1. The molecule has 0 aliphatic rings. The minimum Gasteiger partial charge on any atom is -0.451 e. The molecule has 0 saturated carbocycles. The predicted octanol–water partition coefficient (Wildman–Crippen LogP) is 3.98. The van der Waals surface area contributed by atoms with Gasteiger partial charge in [-0.15, -0.1) is 11.3 Å². The van der Waals surface area contributed by atoms with E-state index in [0.29, 0.717) is 21.4 Å². The standard InChI is InChI=1S/C17H12N4O3S2/c1-10-14(26-16(19-10)12-4-2-3-6-18-12)17(22)23-8-13-20-15(21-24-13)11-5-7-25-9-11/h2-7,9H,8H2,1H3. The van der Waals surface area contributed by atoms with Crippen molar-refractivity contribution in [3.63, 3.8) is 0 Å². The van der Waals surface area contributed by atoms with Gasteiger partial charge < -0.3 is 9.26 Å². The maximum atomic E-state index is 12.4. The largest absolute Gasteiger partial charge is 0.451 e. The molecule has 0 bridgehead atoms. The first-order valence-electron chi connectivity index (χ1n) is 7.62. The molecule has 0 amide bonds. The summed E-state index contributed by atoms with van der Waals surface area (Å²) < 4.78 is 10.4. The summed E-state index contributed by atoms with van der Waals surface area (Å²) in [5, 5.41) is 8.40. The number of aromatic nitrogens is 4. The van der Waals surface area contributed by atoms with Gasteiger partial charge in [-0.3, -0.25) is 4.98 Å². The smallest absolute Gasteiger partial charge is 0.350 e. The third kappa shape index (κ3) is 3.39. The molecule has 4 heterocycles. The fourth-order valence-electron chi connectivity index (χ4n) is 2.20. The number of aryl methyl sites for hydroxylation is 1. The van der Waals surface area contributed by atoms with Gasteiger partial charge >= 0.3 is 5.97 Å². The molecule has 7 nitrogen and oxygen atoms in total. The van der Waals surface area contributed by atoms with Crippen LogP contribution in [0.25, 0.3) is 22.1 Å². The minimum atomic E-state index is -0.475. The fourth-order valence-corrected chi connectivity index (χ4v) is 3.77. The van der Waals surface area contributed by atoms with Gasteiger partial charge in [-0.25, -0.2) is 9.78 Å².